The number of guanidine groups is 2. The van der Waals surface area contributed by atoms with E-state index in [-0.39, 0.29) is 32.8 Å². The van der Waals surface area contributed by atoms with Crippen LogP contribution in [0, 0.1) is 10.8 Å². The Hall–Kier alpha value is -3.77. The lowest BCUT2D eigenvalue weighted by Gasteiger charge is -2.13. The molecule has 150 valence electrons. The molecule has 0 saturated heterocycles. The van der Waals surface area contributed by atoms with Gasteiger partial charge in [-0.05, 0) is 24.3 Å². The Bertz CT molecular complexity index is 783. The molecule has 2 aromatic rings. The molecule has 2 aromatic carbocycles. The number of carboxylic acids is 2. The molecule has 0 heterocycles. The van der Waals surface area contributed by atoms with Crippen molar-refractivity contribution in [2.45, 2.75) is 9.79 Å². The van der Waals surface area contributed by atoms with E-state index in [2.05, 4.69) is 22.9 Å². The summed E-state index contributed by atoms with van der Waals surface area (Å²) in [6, 6.07) is 11.7. The van der Waals surface area contributed by atoms with Gasteiger partial charge in [0, 0.05) is 11.2 Å². The van der Waals surface area contributed by atoms with Gasteiger partial charge in [-0.15, -0.1) is 0 Å². The van der Waals surface area contributed by atoms with Gasteiger partial charge in [-0.25, -0.2) is 9.59 Å². The summed E-state index contributed by atoms with van der Waals surface area (Å²) in [6.45, 7) is 0. The van der Waals surface area contributed by atoms with Crippen LogP contribution in [0.4, 0.5) is 0 Å². The SMILES string of the molecule is N=C(N)N.N=C(N)N.O=C(O)c1ccccc1[S+]([O-])c1ccccc1C(=O)O. The van der Waals surface area contributed by atoms with E-state index in [1.807, 2.05) is 0 Å². The first-order valence-corrected chi connectivity index (χ1v) is 8.39. The van der Waals surface area contributed by atoms with Crippen molar-refractivity contribution in [3.05, 3.63) is 59.7 Å². The molecule has 0 spiro atoms. The highest BCUT2D eigenvalue weighted by Crippen LogP contribution is 2.26. The molecule has 12 N–H and O–H groups in total. The maximum absolute atomic E-state index is 12.5. The van der Waals surface area contributed by atoms with Gasteiger partial charge in [0.1, 0.15) is 11.1 Å². The predicted molar refractivity (Wildman–Crippen MR) is 104 cm³/mol. The molecule has 0 unspecified atom stereocenters. The lowest BCUT2D eigenvalue weighted by atomic mass is 10.2. The van der Waals surface area contributed by atoms with E-state index >= 15 is 0 Å². The third-order valence-corrected chi connectivity index (χ3v) is 4.15. The molecule has 0 amide bonds. The molecule has 2 rings (SSSR count). The molecule has 0 aromatic heterocycles. The smallest absolute Gasteiger partial charge is 0.340 e. The van der Waals surface area contributed by atoms with Crippen LogP contribution in [-0.4, -0.2) is 38.6 Å². The lowest BCUT2D eigenvalue weighted by Crippen LogP contribution is -2.20. The zero-order valence-electron chi connectivity index (χ0n) is 14.5. The van der Waals surface area contributed by atoms with E-state index in [4.69, 9.17) is 21.0 Å². The molecule has 11 nitrogen and oxygen atoms in total. The van der Waals surface area contributed by atoms with Crippen LogP contribution in [0.2, 0.25) is 0 Å². The number of nitrogens with two attached hydrogens (primary N) is 4. The quantitative estimate of drug-likeness (QED) is 0.191. The summed E-state index contributed by atoms with van der Waals surface area (Å²) in [5.41, 5.74) is 17.7. The first-order chi connectivity index (χ1) is 13.0. The molecule has 0 radical (unpaired) electrons. The van der Waals surface area contributed by atoms with Crippen molar-refractivity contribution in [2.24, 2.45) is 22.9 Å². The summed E-state index contributed by atoms with van der Waals surface area (Å²) in [6.07, 6.45) is 0. The molecular formula is C16H20N6O5S. The molecule has 12 heteroatoms. The highest BCUT2D eigenvalue weighted by Gasteiger charge is 2.26. The lowest BCUT2D eigenvalue weighted by molar-refractivity contribution is 0.0683. The largest absolute Gasteiger partial charge is 0.606 e. The number of nitrogens with one attached hydrogen (secondary N) is 2. The van der Waals surface area contributed by atoms with Gasteiger partial charge in [-0.2, -0.15) is 0 Å². The van der Waals surface area contributed by atoms with E-state index in [9.17, 15) is 14.1 Å². The Morgan fingerprint density at radius 1 is 0.750 bits per heavy atom. The van der Waals surface area contributed by atoms with Crippen LogP contribution in [0.25, 0.3) is 0 Å². The van der Waals surface area contributed by atoms with Gasteiger partial charge in [-0.1, -0.05) is 24.3 Å². The number of hydrogen-bond acceptors (Lipinski definition) is 5. The molecule has 0 aliphatic carbocycles. The van der Waals surface area contributed by atoms with Crippen molar-refractivity contribution in [1.82, 2.24) is 0 Å². The van der Waals surface area contributed by atoms with E-state index < -0.39 is 23.1 Å². The fourth-order valence-electron chi connectivity index (χ4n) is 1.73. The van der Waals surface area contributed by atoms with Gasteiger partial charge in [0.15, 0.2) is 21.7 Å². The Kier molecular flexibility index (Phi) is 10.2. The van der Waals surface area contributed by atoms with Gasteiger partial charge in [-0.3, -0.25) is 10.8 Å². The minimum absolute atomic E-state index is 0.0775. The third-order valence-electron chi connectivity index (χ3n) is 2.63. The summed E-state index contributed by atoms with van der Waals surface area (Å²) in [5, 5.41) is 30.3. The molecule has 0 bridgehead atoms. The average molecular weight is 408 g/mol. The molecule has 0 aliphatic heterocycles. The summed E-state index contributed by atoms with van der Waals surface area (Å²) < 4.78 is 12.5. The zero-order valence-corrected chi connectivity index (χ0v) is 15.3. The van der Waals surface area contributed by atoms with Crippen molar-refractivity contribution in [1.29, 1.82) is 10.8 Å². The Balaban J connectivity index is 0.000000776. The van der Waals surface area contributed by atoms with Gasteiger partial charge in [0.2, 0.25) is 0 Å². The van der Waals surface area contributed by atoms with Crippen LogP contribution in [0.15, 0.2) is 58.3 Å². The average Bonchev–Trinajstić information content (AvgIpc) is 2.60. The van der Waals surface area contributed by atoms with Crippen molar-refractivity contribution in [3.8, 4) is 0 Å². The van der Waals surface area contributed by atoms with Gasteiger partial charge in [0.25, 0.3) is 0 Å². The maximum Gasteiger partial charge on any atom is 0.340 e. The normalized spacial score (nSPS) is 9.21. The molecular weight excluding hydrogens is 388 g/mol. The highest BCUT2D eigenvalue weighted by atomic mass is 32.2. The maximum atomic E-state index is 12.5. The fraction of sp³-hybridized carbons (Fsp3) is 0. The van der Waals surface area contributed by atoms with E-state index in [1.165, 1.54) is 36.4 Å². The zero-order chi connectivity index (χ0) is 21.9. The number of benzene rings is 2. The number of aromatic carboxylic acids is 2. The monoisotopic (exact) mass is 408 g/mol. The highest BCUT2D eigenvalue weighted by molar-refractivity contribution is 7.91. The second kappa shape index (κ2) is 11.8. The van der Waals surface area contributed by atoms with Crippen LogP contribution < -0.4 is 22.9 Å². The first-order valence-electron chi connectivity index (χ1n) is 7.24. The summed E-state index contributed by atoms with van der Waals surface area (Å²) >= 11 is -1.87. The van der Waals surface area contributed by atoms with E-state index in [1.54, 1.807) is 12.1 Å². The minimum Gasteiger partial charge on any atom is -0.606 e. The Morgan fingerprint density at radius 2 is 1.00 bits per heavy atom. The third kappa shape index (κ3) is 8.55. The number of hydrogen-bond donors (Lipinski definition) is 8. The number of rotatable bonds is 4. The van der Waals surface area contributed by atoms with Gasteiger partial charge in [0.05, 0.1) is 0 Å². The van der Waals surface area contributed by atoms with Crippen LogP contribution >= 0.6 is 0 Å². The first kappa shape index (κ1) is 24.2. The molecule has 0 fully saturated rings. The Morgan fingerprint density at radius 3 is 1.25 bits per heavy atom. The predicted octanol–water partition coefficient (Wildman–Crippen LogP) is -0.0732. The van der Waals surface area contributed by atoms with Gasteiger partial charge >= 0.3 is 11.9 Å². The van der Waals surface area contributed by atoms with E-state index in [0.29, 0.717) is 0 Å². The summed E-state index contributed by atoms with van der Waals surface area (Å²) in [7, 11) is 0. The minimum atomic E-state index is -1.87. The van der Waals surface area contributed by atoms with Crippen LogP contribution in [-0.2, 0) is 11.2 Å². The molecule has 0 aliphatic rings. The van der Waals surface area contributed by atoms with Crippen molar-refractivity contribution in [2.75, 3.05) is 0 Å². The van der Waals surface area contributed by atoms with Crippen molar-refractivity contribution < 1.29 is 24.4 Å². The molecule has 0 atom stereocenters. The summed E-state index contributed by atoms with van der Waals surface area (Å²) in [4.78, 5) is 22.4. The second-order valence-electron chi connectivity index (χ2n) is 4.78. The second-order valence-corrected chi connectivity index (χ2v) is 6.20. The van der Waals surface area contributed by atoms with Crippen molar-refractivity contribution in [3.63, 3.8) is 0 Å². The number of carbonyl (C=O) groups is 2. The van der Waals surface area contributed by atoms with Crippen LogP contribution in [0.1, 0.15) is 20.7 Å². The van der Waals surface area contributed by atoms with Gasteiger partial charge < -0.3 is 37.7 Å². The van der Waals surface area contributed by atoms with Crippen molar-refractivity contribution >= 4 is 35.0 Å². The number of carboxylic acid groups (broad SMARTS) is 2. The van der Waals surface area contributed by atoms with Crippen LogP contribution in [0.3, 0.4) is 0 Å². The fourth-order valence-corrected chi connectivity index (χ4v) is 3.08. The summed E-state index contributed by atoms with van der Waals surface area (Å²) in [5.74, 6) is -3.08. The standard InChI is InChI=1S/C14H10O5S.2CH5N3/c15-13(16)9-5-1-3-7-11(9)20(19)12-8-4-2-6-10(12)14(17)18;2*2-1(3)4/h1-8H,(H,15,16)(H,17,18);2*(H5,2,3,4). The molecule has 28 heavy (non-hydrogen) atoms. The Labute approximate surface area is 163 Å². The van der Waals surface area contributed by atoms with E-state index in [0.717, 1.165) is 0 Å². The molecule has 0 saturated carbocycles. The van der Waals surface area contributed by atoms with Crippen LogP contribution in [0.5, 0.6) is 0 Å². The topological polar surface area (TPSA) is 249 Å².